The second kappa shape index (κ2) is 8.45. The summed E-state index contributed by atoms with van der Waals surface area (Å²) in [5.74, 6) is -0.600. The number of carbonyl (C=O) groups excluding carboxylic acids is 1. The molecule has 1 amide bonds. The van der Waals surface area contributed by atoms with E-state index in [9.17, 15) is 14.7 Å². The lowest BCUT2D eigenvalue weighted by molar-refractivity contribution is -0.145. The van der Waals surface area contributed by atoms with Crippen LogP contribution < -0.4 is 10.1 Å². The number of fused-ring (bicyclic) bond motifs is 1. The lowest BCUT2D eigenvalue weighted by Crippen LogP contribution is -2.55. The molecular weight excluding hydrogens is 372 g/mol. The van der Waals surface area contributed by atoms with Gasteiger partial charge in [0.2, 0.25) is 0 Å². The van der Waals surface area contributed by atoms with Crippen molar-refractivity contribution in [3.8, 4) is 5.75 Å². The first-order valence-corrected chi connectivity index (χ1v) is 10.5. The Morgan fingerprint density at radius 3 is 2.59 bits per heavy atom. The smallest absolute Gasteiger partial charge is 0.329 e. The molecule has 156 valence electrons. The molecule has 7 heteroatoms. The molecule has 0 spiro atoms. The predicted molar refractivity (Wildman–Crippen MR) is 108 cm³/mol. The van der Waals surface area contributed by atoms with Gasteiger partial charge < -0.3 is 19.6 Å². The molecule has 2 N–H and O–H groups in total. The Morgan fingerprint density at radius 1 is 1.10 bits per heavy atom. The van der Waals surface area contributed by atoms with Gasteiger partial charge in [0.1, 0.15) is 23.5 Å². The molecule has 4 rings (SSSR count). The number of carbonyl (C=O) groups is 2. The minimum Gasteiger partial charge on any atom is -0.492 e. The fourth-order valence-corrected chi connectivity index (χ4v) is 4.35. The second-order valence-corrected chi connectivity index (χ2v) is 8.11. The molecule has 2 aromatic rings. The summed E-state index contributed by atoms with van der Waals surface area (Å²) in [6.45, 7) is 3.81. The SMILES string of the molecule is O=C(NC1(C(=O)O)CCCCC1)c1cc2cc(OCCN3CCCC3)ccc2o1. The van der Waals surface area contributed by atoms with Crippen LogP contribution >= 0.6 is 0 Å². The Balaban J connectivity index is 1.42. The van der Waals surface area contributed by atoms with Crippen molar-refractivity contribution >= 4 is 22.8 Å². The molecule has 1 aromatic carbocycles. The summed E-state index contributed by atoms with van der Waals surface area (Å²) in [4.78, 5) is 26.9. The summed E-state index contributed by atoms with van der Waals surface area (Å²) < 4.78 is 11.5. The standard InChI is InChI=1S/C22H28N2O5/c25-20(23-22(21(26)27)8-2-1-3-9-22)19-15-16-14-17(6-7-18(16)29-19)28-13-12-24-10-4-5-11-24/h6-7,14-15H,1-5,8-13H2,(H,23,25)(H,26,27). The third-order valence-corrected chi connectivity index (χ3v) is 6.06. The van der Waals surface area contributed by atoms with Crippen molar-refractivity contribution < 1.29 is 23.8 Å². The summed E-state index contributed by atoms with van der Waals surface area (Å²) in [6, 6.07) is 7.12. The lowest BCUT2D eigenvalue weighted by Gasteiger charge is -2.33. The number of rotatable bonds is 7. The first-order valence-electron chi connectivity index (χ1n) is 10.5. The van der Waals surface area contributed by atoms with Crippen LogP contribution in [0.4, 0.5) is 0 Å². The number of benzene rings is 1. The van der Waals surface area contributed by atoms with Gasteiger partial charge in [0.05, 0.1) is 0 Å². The van der Waals surface area contributed by atoms with Crippen molar-refractivity contribution in [1.82, 2.24) is 10.2 Å². The molecule has 0 bridgehead atoms. The Hall–Kier alpha value is -2.54. The van der Waals surface area contributed by atoms with Gasteiger partial charge in [-0.05, 0) is 63.0 Å². The molecule has 1 saturated carbocycles. The molecule has 0 radical (unpaired) electrons. The van der Waals surface area contributed by atoms with Crippen molar-refractivity contribution in [1.29, 1.82) is 0 Å². The Kier molecular flexibility index (Phi) is 5.76. The van der Waals surface area contributed by atoms with Gasteiger partial charge in [0.25, 0.3) is 5.91 Å². The van der Waals surface area contributed by atoms with Gasteiger partial charge in [-0.25, -0.2) is 4.79 Å². The number of hydrogen-bond acceptors (Lipinski definition) is 5. The summed E-state index contributed by atoms with van der Waals surface area (Å²) in [5.41, 5.74) is -0.618. The van der Waals surface area contributed by atoms with Crippen LogP contribution in [0.5, 0.6) is 5.75 Å². The van der Waals surface area contributed by atoms with E-state index in [1.807, 2.05) is 12.1 Å². The zero-order valence-corrected chi connectivity index (χ0v) is 16.6. The van der Waals surface area contributed by atoms with E-state index in [1.165, 1.54) is 12.8 Å². The van der Waals surface area contributed by atoms with Gasteiger partial charge in [-0.2, -0.15) is 0 Å². The normalized spacial score (nSPS) is 19.3. The molecule has 0 unspecified atom stereocenters. The van der Waals surface area contributed by atoms with Crippen LogP contribution in [0.15, 0.2) is 28.7 Å². The largest absolute Gasteiger partial charge is 0.492 e. The molecule has 0 atom stereocenters. The minimum atomic E-state index is -1.20. The van der Waals surface area contributed by atoms with Gasteiger partial charge >= 0.3 is 5.97 Å². The number of nitrogens with one attached hydrogen (secondary N) is 1. The van der Waals surface area contributed by atoms with Gasteiger partial charge in [0.15, 0.2) is 5.76 Å². The summed E-state index contributed by atoms with van der Waals surface area (Å²) >= 11 is 0. The fourth-order valence-electron chi connectivity index (χ4n) is 4.35. The highest BCUT2D eigenvalue weighted by molar-refractivity contribution is 5.99. The molecular formula is C22H28N2O5. The van der Waals surface area contributed by atoms with Crippen LogP contribution in [0.25, 0.3) is 11.0 Å². The second-order valence-electron chi connectivity index (χ2n) is 8.11. The van der Waals surface area contributed by atoms with Crippen LogP contribution in [-0.2, 0) is 4.79 Å². The highest BCUT2D eigenvalue weighted by atomic mass is 16.5. The molecule has 7 nitrogen and oxygen atoms in total. The minimum absolute atomic E-state index is 0.125. The molecule has 2 fully saturated rings. The van der Waals surface area contributed by atoms with Crippen LogP contribution in [0.3, 0.4) is 0 Å². The van der Waals surface area contributed by atoms with E-state index in [1.54, 1.807) is 12.1 Å². The maximum absolute atomic E-state index is 12.7. The van der Waals surface area contributed by atoms with Gasteiger partial charge in [-0.15, -0.1) is 0 Å². The number of aliphatic carboxylic acids is 1. The first-order chi connectivity index (χ1) is 14.1. The van der Waals surface area contributed by atoms with Crippen LogP contribution in [0.1, 0.15) is 55.5 Å². The predicted octanol–water partition coefficient (Wildman–Crippen LogP) is 3.42. The monoisotopic (exact) mass is 400 g/mol. The van der Waals surface area contributed by atoms with Crippen molar-refractivity contribution in [2.45, 2.75) is 50.5 Å². The average molecular weight is 400 g/mol. The van der Waals surface area contributed by atoms with Crippen molar-refractivity contribution in [2.24, 2.45) is 0 Å². The number of carboxylic acids is 1. The van der Waals surface area contributed by atoms with Crippen molar-refractivity contribution in [3.63, 3.8) is 0 Å². The quantitative estimate of drug-likeness (QED) is 0.740. The molecule has 1 aliphatic heterocycles. The van der Waals surface area contributed by atoms with E-state index in [-0.39, 0.29) is 5.76 Å². The highest BCUT2D eigenvalue weighted by Crippen LogP contribution is 2.30. The zero-order valence-electron chi connectivity index (χ0n) is 16.6. The van der Waals surface area contributed by atoms with E-state index in [2.05, 4.69) is 10.2 Å². The van der Waals surface area contributed by atoms with Crippen LogP contribution in [0, 0.1) is 0 Å². The summed E-state index contributed by atoms with van der Waals surface area (Å²) in [7, 11) is 0. The van der Waals surface area contributed by atoms with E-state index in [0.717, 1.165) is 50.0 Å². The maximum atomic E-state index is 12.7. The number of ether oxygens (including phenoxy) is 1. The number of hydrogen-bond donors (Lipinski definition) is 2. The summed E-state index contributed by atoms with van der Waals surface area (Å²) in [5, 5.41) is 13.1. The average Bonchev–Trinajstić information content (AvgIpc) is 3.38. The topological polar surface area (TPSA) is 92.0 Å². The first kappa shape index (κ1) is 19.8. The molecule has 29 heavy (non-hydrogen) atoms. The van der Waals surface area contributed by atoms with Gasteiger partial charge in [-0.3, -0.25) is 9.69 Å². The third-order valence-electron chi connectivity index (χ3n) is 6.06. The zero-order chi connectivity index (χ0) is 20.3. The van der Waals surface area contributed by atoms with Crippen molar-refractivity contribution in [3.05, 3.63) is 30.0 Å². The van der Waals surface area contributed by atoms with Crippen LogP contribution in [-0.4, -0.2) is 53.7 Å². The summed E-state index contributed by atoms with van der Waals surface area (Å²) in [6.07, 6.45) is 6.00. The molecule has 1 aliphatic carbocycles. The number of amides is 1. The molecule has 1 aromatic heterocycles. The Bertz CT molecular complexity index is 878. The van der Waals surface area contributed by atoms with E-state index >= 15 is 0 Å². The Labute approximate surface area is 170 Å². The van der Waals surface area contributed by atoms with Gasteiger partial charge in [0, 0.05) is 11.9 Å². The van der Waals surface area contributed by atoms with Gasteiger partial charge in [-0.1, -0.05) is 19.3 Å². The lowest BCUT2D eigenvalue weighted by atomic mass is 9.81. The number of carboxylic acid groups (broad SMARTS) is 1. The molecule has 1 saturated heterocycles. The maximum Gasteiger partial charge on any atom is 0.329 e. The number of furan rings is 1. The Morgan fingerprint density at radius 2 is 1.86 bits per heavy atom. The highest BCUT2D eigenvalue weighted by Gasteiger charge is 2.41. The van der Waals surface area contributed by atoms with E-state index in [0.29, 0.717) is 25.0 Å². The van der Waals surface area contributed by atoms with E-state index in [4.69, 9.17) is 9.15 Å². The fraction of sp³-hybridized carbons (Fsp3) is 0.545. The van der Waals surface area contributed by atoms with Crippen LogP contribution in [0.2, 0.25) is 0 Å². The third kappa shape index (κ3) is 4.40. The molecule has 2 heterocycles. The molecule has 2 aliphatic rings. The van der Waals surface area contributed by atoms with E-state index < -0.39 is 17.4 Å². The van der Waals surface area contributed by atoms with Crippen molar-refractivity contribution in [2.75, 3.05) is 26.2 Å². The number of nitrogens with zero attached hydrogens (tertiary/aromatic N) is 1. The number of likely N-dealkylation sites (tertiary alicyclic amines) is 1.